The van der Waals surface area contributed by atoms with Gasteiger partial charge in [-0.15, -0.1) is 11.3 Å². The summed E-state index contributed by atoms with van der Waals surface area (Å²) in [4.78, 5) is 68.0. The average molecular weight is 705 g/mol. The van der Waals surface area contributed by atoms with E-state index in [0.717, 1.165) is 37.5 Å². The third kappa shape index (κ3) is 8.22. The molecule has 2 fully saturated rings. The van der Waals surface area contributed by atoms with Crippen LogP contribution in [-0.2, 0) is 35.1 Å². The predicted molar refractivity (Wildman–Crippen MR) is 180 cm³/mol. The molecule has 0 radical (unpaired) electrons. The molecular formula is C33H39Cl2N5O6S. The molecule has 0 spiro atoms. The molecule has 47 heavy (non-hydrogen) atoms. The van der Waals surface area contributed by atoms with Crippen LogP contribution in [0.1, 0.15) is 48.6 Å². The minimum absolute atomic E-state index is 0.0549. The maximum absolute atomic E-state index is 13.8. The molecule has 4 heterocycles. The van der Waals surface area contributed by atoms with Crippen LogP contribution in [0.4, 0.5) is 0 Å². The number of methoxy groups -OCH3 is 2. The predicted octanol–water partition coefficient (Wildman–Crippen LogP) is 4.38. The minimum Gasteiger partial charge on any atom is -0.468 e. The van der Waals surface area contributed by atoms with E-state index in [1.54, 1.807) is 29.3 Å². The van der Waals surface area contributed by atoms with Crippen molar-refractivity contribution in [3.63, 3.8) is 0 Å². The second kappa shape index (κ2) is 16.2. The van der Waals surface area contributed by atoms with Crippen LogP contribution >= 0.6 is 34.5 Å². The number of amides is 2. The first kappa shape index (κ1) is 35.0. The third-order valence-electron chi connectivity index (χ3n) is 8.96. The molecule has 3 aliphatic heterocycles. The molecule has 0 N–H and O–H groups in total. The lowest BCUT2D eigenvalue weighted by Gasteiger charge is -2.36. The SMILES string of the molecule is COC(=O)C1=C(CC(=O)N2CCN(CCCN3CCCC3=O)CC2)N=C(CCc2nccs2)C(C(=O)OC)C1c1c(Cl)cccc1Cl. The Morgan fingerprint density at radius 3 is 2.36 bits per heavy atom. The van der Waals surface area contributed by atoms with Crippen molar-refractivity contribution in [3.05, 3.63) is 61.7 Å². The molecule has 0 saturated carbocycles. The van der Waals surface area contributed by atoms with Gasteiger partial charge >= 0.3 is 11.9 Å². The highest BCUT2D eigenvalue weighted by molar-refractivity contribution is 7.09. The normalized spacial score (nSPS) is 20.4. The van der Waals surface area contributed by atoms with Gasteiger partial charge in [-0.25, -0.2) is 9.78 Å². The molecule has 3 aliphatic rings. The van der Waals surface area contributed by atoms with Crippen molar-refractivity contribution in [3.8, 4) is 0 Å². The van der Waals surface area contributed by atoms with Crippen LogP contribution < -0.4 is 0 Å². The summed E-state index contributed by atoms with van der Waals surface area (Å²) in [6.07, 6.45) is 4.83. The van der Waals surface area contributed by atoms with Crippen molar-refractivity contribution in [2.24, 2.45) is 10.9 Å². The number of aryl methyl sites for hydroxylation is 1. The van der Waals surface area contributed by atoms with E-state index in [1.165, 1.54) is 25.6 Å². The number of aliphatic imine (C=N–C) groups is 1. The molecule has 11 nitrogen and oxygen atoms in total. The first-order valence-corrected chi connectivity index (χ1v) is 17.4. The Hall–Kier alpha value is -3.32. The second-order valence-electron chi connectivity index (χ2n) is 11.7. The molecule has 2 amide bonds. The van der Waals surface area contributed by atoms with Crippen LogP contribution in [0, 0.1) is 5.92 Å². The number of esters is 2. The Labute approximate surface area is 288 Å². The van der Waals surface area contributed by atoms with Crippen LogP contribution in [0.3, 0.4) is 0 Å². The highest BCUT2D eigenvalue weighted by Crippen LogP contribution is 2.46. The van der Waals surface area contributed by atoms with E-state index in [2.05, 4.69) is 9.88 Å². The molecule has 2 atom stereocenters. The molecule has 2 unspecified atom stereocenters. The van der Waals surface area contributed by atoms with Crippen molar-refractivity contribution in [1.82, 2.24) is 19.7 Å². The Balaban J connectivity index is 1.41. The summed E-state index contributed by atoms with van der Waals surface area (Å²) in [5.41, 5.74) is 1.08. The monoisotopic (exact) mass is 703 g/mol. The summed E-state index contributed by atoms with van der Waals surface area (Å²) in [7, 11) is 2.52. The Morgan fingerprint density at radius 1 is 1.00 bits per heavy atom. The number of hydrogen-bond acceptors (Lipinski definition) is 10. The zero-order valence-corrected chi connectivity index (χ0v) is 28.9. The van der Waals surface area contributed by atoms with E-state index in [9.17, 15) is 19.2 Å². The van der Waals surface area contributed by atoms with E-state index in [1.807, 2.05) is 10.3 Å². The number of ether oxygens (including phenoxy) is 2. The summed E-state index contributed by atoms with van der Waals surface area (Å²) in [5, 5.41) is 3.24. The number of aromatic nitrogens is 1. The zero-order chi connectivity index (χ0) is 33.5. The first-order valence-electron chi connectivity index (χ1n) is 15.8. The van der Waals surface area contributed by atoms with Gasteiger partial charge in [0, 0.05) is 85.4 Å². The molecule has 14 heteroatoms. The van der Waals surface area contributed by atoms with Gasteiger partial charge in [0.2, 0.25) is 11.8 Å². The number of nitrogens with zero attached hydrogens (tertiary/aromatic N) is 5. The quantitative estimate of drug-likeness (QED) is 0.299. The number of thiazole rings is 1. The summed E-state index contributed by atoms with van der Waals surface area (Å²) in [6, 6.07) is 4.96. The van der Waals surface area contributed by atoms with Gasteiger partial charge < -0.3 is 19.3 Å². The molecule has 0 bridgehead atoms. The number of carbonyl (C=O) groups is 4. The summed E-state index contributed by atoms with van der Waals surface area (Å²) >= 11 is 14.9. The van der Waals surface area contributed by atoms with Crippen LogP contribution in [-0.4, -0.2) is 109 Å². The number of benzene rings is 1. The highest BCUT2D eigenvalue weighted by atomic mass is 35.5. The highest BCUT2D eigenvalue weighted by Gasteiger charge is 2.46. The maximum atomic E-state index is 13.8. The van der Waals surface area contributed by atoms with Crippen molar-refractivity contribution in [1.29, 1.82) is 0 Å². The van der Waals surface area contributed by atoms with E-state index < -0.39 is 23.8 Å². The Kier molecular flexibility index (Phi) is 12.1. The number of carbonyl (C=O) groups excluding carboxylic acids is 4. The lowest BCUT2D eigenvalue weighted by molar-refractivity contribution is -0.143. The van der Waals surface area contributed by atoms with Crippen LogP contribution in [0.15, 0.2) is 46.0 Å². The number of piperazine rings is 1. The fraction of sp³-hybridized carbons (Fsp3) is 0.515. The smallest absolute Gasteiger partial charge is 0.336 e. The lowest BCUT2D eigenvalue weighted by Crippen LogP contribution is -2.49. The maximum Gasteiger partial charge on any atom is 0.336 e. The molecule has 5 rings (SSSR count). The van der Waals surface area contributed by atoms with Gasteiger partial charge in [-0.2, -0.15) is 0 Å². The fourth-order valence-corrected chi connectivity index (χ4v) is 7.83. The van der Waals surface area contributed by atoms with Crippen LogP contribution in [0.5, 0.6) is 0 Å². The average Bonchev–Trinajstić information content (AvgIpc) is 3.75. The van der Waals surface area contributed by atoms with Gasteiger partial charge in [0.25, 0.3) is 0 Å². The molecular weight excluding hydrogens is 665 g/mol. The number of hydrogen-bond donors (Lipinski definition) is 0. The van der Waals surface area contributed by atoms with Crippen molar-refractivity contribution in [2.45, 2.75) is 44.4 Å². The first-order chi connectivity index (χ1) is 22.7. The van der Waals surface area contributed by atoms with Gasteiger partial charge in [0.1, 0.15) is 5.92 Å². The van der Waals surface area contributed by atoms with E-state index in [0.29, 0.717) is 56.7 Å². The minimum atomic E-state index is -1.04. The third-order valence-corrected chi connectivity index (χ3v) is 10.5. The van der Waals surface area contributed by atoms with Gasteiger partial charge in [-0.05, 0) is 43.5 Å². The summed E-state index contributed by atoms with van der Waals surface area (Å²) in [5.74, 6) is -3.33. The zero-order valence-electron chi connectivity index (χ0n) is 26.6. The lowest BCUT2D eigenvalue weighted by atomic mass is 9.74. The Bertz CT molecular complexity index is 1520. The van der Waals surface area contributed by atoms with E-state index in [-0.39, 0.29) is 39.6 Å². The van der Waals surface area contributed by atoms with Crippen molar-refractivity contribution >= 4 is 64.0 Å². The number of halogens is 2. The summed E-state index contributed by atoms with van der Waals surface area (Å²) in [6.45, 7) is 4.89. The molecule has 0 aliphatic carbocycles. The molecule has 252 valence electrons. The van der Waals surface area contributed by atoms with Gasteiger partial charge in [0.05, 0.1) is 36.9 Å². The van der Waals surface area contributed by atoms with Crippen molar-refractivity contribution in [2.75, 3.05) is 60.0 Å². The molecule has 1 aromatic carbocycles. The topological polar surface area (TPSA) is 122 Å². The van der Waals surface area contributed by atoms with E-state index >= 15 is 0 Å². The van der Waals surface area contributed by atoms with Crippen LogP contribution in [0.25, 0.3) is 0 Å². The van der Waals surface area contributed by atoms with Crippen molar-refractivity contribution < 1.29 is 28.7 Å². The Morgan fingerprint density at radius 2 is 1.74 bits per heavy atom. The fourth-order valence-electron chi connectivity index (χ4n) is 6.57. The van der Waals surface area contributed by atoms with Gasteiger partial charge in [0.15, 0.2) is 0 Å². The molecule has 2 aromatic rings. The van der Waals surface area contributed by atoms with Gasteiger partial charge in [-0.1, -0.05) is 29.3 Å². The number of likely N-dealkylation sites (tertiary alicyclic amines) is 1. The summed E-state index contributed by atoms with van der Waals surface area (Å²) < 4.78 is 10.5. The molecule has 2 saturated heterocycles. The molecule has 1 aromatic heterocycles. The largest absolute Gasteiger partial charge is 0.468 e. The number of rotatable bonds is 12. The second-order valence-corrected chi connectivity index (χ2v) is 13.5. The standard InChI is InChI=1S/C33H39Cl2N5O6S/c1-45-32(43)29-23(9-10-25-36-11-19-47-25)37-24(30(33(44)46-2)31(29)28-21(34)6-3-7-22(28)35)20-27(42)40-17-15-38(16-18-40)12-5-14-39-13-4-8-26(39)41/h3,6-7,11,19,29,31H,4-5,8-10,12-18,20H2,1-2H3. The van der Waals surface area contributed by atoms with Crippen LogP contribution in [0.2, 0.25) is 10.0 Å². The van der Waals surface area contributed by atoms with E-state index in [4.69, 9.17) is 37.7 Å². The van der Waals surface area contributed by atoms with Gasteiger partial charge in [-0.3, -0.25) is 24.3 Å².